The van der Waals surface area contributed by atoms with Crippen molar-refractivity contribution in [2.75, 3.05) is 4.90 Å². The van der Waals surface area contributed by atoms with E-state index in [4.69, 9.17) is 4.74 Å². The van der Waals surface area contributed by atoms with E-state index in [0.29, 0.717) is 5.41 Å². The fourth-order valence-electron chi connectivity index (χ4n) is 13.9. The maximum Gasteiger partial charge on any atom is 0.133 e. The van der Waals surface area contributed by atoms with Crippen LogP contribution in [0.5, 0.6) is 11.5 Å². The Balaban J connectivity index is 0.981. The predicted molar refractivity (Wildman–Crippen MR) is 229 cm³/mol. The standard InChI is InChI=1S/C54H51NO/c1-51(2)27-28-52(3,4)50-42(13-10-15-45(50)51)37-19-23-40(24-20-37)55(39-21-17-36(18-22-39)35-11-6-5-7-12-35)41-25-26-44-47(32-41)56-46-16-9-8-14-43(46)54(44)48-30-34-29-38-31-49(54)53(38,48)33-34/h5-26,32,34,38,48-49H,27-31,33H2,1-4H3. The van der Waals surface area contributed by atoms with Crippen LogP contribution in [0.25, 0.3) is 22.3 Å². The largest absolute Gasteiger partial charge is 0.457 e. The fraction of sp³-hybridized carbons (Fsp3) is 0.333. The van der Waals surface area contributed by atoms with Gasteiger partial charge < -0.3 is 9.64 Å². The molecule has 1 aliphatic heterocycles. The van der Waals surface area contributed by atoms with Crippen molar-refractivity contribution in [3.8, 4) is 33.8 Å². The Labute approximate surface area is 332 Å². The van der Waals surface area contributed by atoms with Gasteiger partial charge in [0, 0.05) is 39.7 Å². The molecule has 56 heavy (non-hydrogen) atoms. The molecule has 5 aliphatic carbocycles. The van der Waals surface area contributed by atoms with Gasteiger partial charge >= 0.3 is 0 Å². The van der Waals surface area contributed by atoms with E-state index in [1.165, 1.54) is 83.0 Å². The van der Waals surface area contributed by atoms with Crippen LogP contribution in [0.1, 0.15) is 88.5 Å². The van der Waals surface area contributed by atoms with E-state index in [1.54, 1.807) is 0 Å². The normalized spacial score (nSPS) is 28.9. The Hall–Kier alpha value is -5.08. The summed E-state index contributed by atoms with van der Waals surface area (Å²) in [5, 5.41) is 0. The summed E-state index contributed by atoms with van der Waals surface area (Å²) in [5.41, 5.74) is 15.4. The Morgan fingerprint density at radius 1 is 0.518 bits per heavy atom. The molecule has 12 rings (SSSR count). The van der Waals surface area contributed by atoms with Crippen LogP contribution in [-0.4, -0.2) is 0 Å². The summed E-state index contributed by atoms with van der Waals surface area (Å²) in [4.78, 5) is 2.43. The minimum Gasteiger partial charge on any atom is -0.457 e. The molecule has 2 nitrogen and oxygen atoms in total. The van der Waals surface area contributed by atoms with Crippen LogP contribution in [0, 0.1) is 29.1 Å². The molecule has 6 aromatic carbocycles. The zero-order valence-electron chi connectivity index (χ0n) is 33.2. The molecule has 6 aromatic rings. The van der Waals surface area contributed by atoms with Crippen molar-refractivity contribution in [2.24, 2.45) is 29.1 Å². The molecule has 6 unspecified atom stereocenters. The van der Waals surface area contributed by atoms with Crippen LogP contribution in [0.15, 0.2) is 140 Å². The summed E-state index contributed by atoms with van der Waals surface area (Å²) in [6.45, 7) is 9.71. The third-order valence-corrected chi connectivity index (χ3v) is 16.2. The predicted octanol–water partition coefficient (Wildman–Crippen LogP) is 14.3. The third-order valence-electron chi connectivity index (χ3n) is 16.2. The number of anilines is 3. The molecule has 0 amide bonds. The maximum absolute atomic E-state index is 6.98. The van der Waals surface area contributed by atoms with E-state index in [0.717, 1.165) is 52.2 Å². The molecule has 0 radical (unpaired) electrons. The van der Waals surface area contributed by atoms with Gasteiger partial charge in [0.1, 0.15) is 11.5 Å². The van der Waals surface area contributed by atoms with E-state index in [2.05, 4.69) is 172 Å². The highest BCUT2D eigenvalue weighted by molar-refractivity contribution is 5.82. The number of nitrogens with zero attached hydrogens (tertiary/aromatic N) is 1. The van der Waals surface area contributed by atoms with E-state index < -0.39 is 0 Å². The fourth-order valence-corrected chi connectivity index (χ4v) is 13.9. The first-order chi connectivity index (χ1) is 27.2. The zero-order chi connectivity index (χ0) is 37.6. The average molecular weight is 730 g/mol. The van der Waals surface area contributed by atoms with Crippen molar-refractivity contribution in [3.63, 3.8) is 0 Å². The summed E-state index contributed by atoms with van der Waals surface area (Å²) < 4.78 is 6.98. The lowest BCUT2D eigenvalue weighted by molar-refractivity contribution is -0.235. The van der Waals surface area contributed by atoms with Gasteiger partial charge in [-0.2, -0.15) is 0 Å². The van der Waals surface area contributed by atoms with Crippen molar-refractivity contribution in [1.29, 1.82) is 0 Å². The highest BCUT2D eigenvalue weighted by Crippen LogP contribution is 2.89. The number of para-hydroxylation sites is 1. The molecular formula is C54H51NO. The van der Waals surface area contributed by atoms with Gasteiger partial charge in [-0.25, -0.2) is 0 Å². The van der Waals surface area contributed by atoms with Gasteiger partial charge in [0.05, 0.1) is 0 Å². The molecule has 0 N–H and O–H groups in total. The number of hydrogen-bond acceptors (Lipinski definition) is 2. The first-order valence-electron chi connectivity index (χ1n) is 21.3. The van der Waals surface area contributed by atoms with Crippen LogP contribution in [-0.2, 0) is 16.2 Å². The first kappa shape index (κ1) is 33.1. The first-order valence-corrected chi connectivity index (χ1v) is 21.3. The van der Waals surface area contributed by atoms with Crippen molar-refractivity contribution >= 4 is 17.1 Å². The number of fused-ring (bicyclic) bond motifs is 8. The van der Waals surface area contributed by atoms with Gasteiger partial charge in [0.25, 0.3) is 0 Å². The van der Waals surface area contributed by atoms with Gasteiger partial charge in [-0.3, -0.25) is 0 Å². The van der Waals surface area contributed by atoms with Crippen LogP contribution in [0.3, 0.4) is 0 Å². The quantitative estimate of drug-likeness (QED) is 0.175. The molecule has 2 spiro atoms. The van der Waals surface area contributed by atoms with Crippen LogP contribution in [0.4, 0.5) is 17.1 Å². The Bertz CT molecular complexity index is 2550. The molecular weight excluding hydrogens is 679 g/mol. The summed E-state index contributed by atoms with van der Waals surface area (Å²) in [7, 11) is 0. The van der Waals surface area contributed by atoms with Gasteiger partial charge in [-0.1, -0.05) is 125 Å². The van der Waals surface area contributed by atoms with E-state index >= 15 is 0 Å². The SMILES string of the molecule is CC1(C)CCC(C)(C)c2c(-c3ccc(N(c4ccc(-c5ccccc5)cc4)c4ccc5c(c4)Oc4ccccc4C54C5CC6CC7CC4C75C6)cc3)cccc21. The van der Waals surface area contributed by atoms with Crippen molar-refractivity contribution < 1.29 is 4.74 Å². The number of rotatable bonds is 5. The van der Waals surface area contributed by atoms with Gasteiger partial charge in [0.15, 0.2) is 0 Å². The lowest BCUT2D eigenvalue weighted by atomic mass is 9.26. The van der Waals surface area contributed by atoms with E-state index in [-0.39, 0.29) is 16.2 Å². The lowest BCUT2D eigenvalue weighted by Gasteiger charge is -2.77. The minimum atomic E-state index is 0.0787. The van der Waals surface area contributed by atoms with E-state index in [1.807, 2.05) is 0 Å². The highest BCUT2D eigenvalue weighted by atomic mass is 16.5. The Morgan fingerprint density at radius 2 is 1.14 bits per heavy atom. The van der Waals surface area contributed by atoms with Crippen LogP contribution in [0.2, 0.25) is 0 Å². The minimum absolute atomic E-state index is 0.0787. The summed E-state index contributed by atoms with van der Waals surface area (Å²) in [6.07, 6.45) is 8.13. The molecule has 2 heteroatoms. The topological polar surface area (TPSA) is 12.5 Å². The monoisotopic (exact) mass is 729 g/mol. The lowest BCUT2D eigenvalue weighted by Crippen LogP contribution is -2.74. The number of ether oxygens (including phenoxy) is 1. The summed E-state index contributed by atoms with van der Waals surface area (Å²) in [5.74, 6) is 5.46. The summed E-state index contributed by atoms with van der Waals surface area (Å²) >= 11 is 0. The van der Waals surface area contributed by atoms with Crippen molar-refractivity contribution in [3.05, 3.63) is 162 Å². The molecule has 4 saturated carbocycles. The van der Waals surface area contributed by atoms with Gasteiger partial charge in [0.2, 0.25) is 0 Å². The maximum atomic E-state index is 6.98. The molecule has 0 saturated heterocycles. The average Bonchev–Trinajstić information content (AvgIpc) is 3.76. The Morgan fingerprint density at radius 3 is 1.91 bits per heavy atom. The highest BCUT2D eigenvalue weighted by Gasteiger charge is 2.84. The second-order valence-corrected chi connectivity index (χ2v) is 19.6. The molecule has 1 heterocycles. The molecule has 2 bridgehead atoms. The van der Waals surface area contributed by atoms with Crippen LogP contribution >= 0.6 is 0 Å². The second kappa shape index (κ2) is 11.3. The number of hydrogen-bond donors (Lipinski definition) is 0. The molecule has 6 aliphatic rings. The number of benzene rings is 6. The molecule has 4 fully saturated rings. The van der Waals surface area contributed by atoms with Crippen LogP contribution < -0.4 is 9.64 Å². The molecule has 278 valence electrons. The van der Waals surface area contributed by atoms with E-state index in [9.17, 15) is 0 Å². The van der Waals surface area contributed by atoms with Gasteiger partial charge in [-0.15, -0.1) is 0 Å². The van der Waals surface area contributed by atoms with Crippen molar-refractivity contribution in [1.82, 2.24) is 0 Å². The zero-order valence-corrected chi connectivity index (χ0v) is 33.2. The summed E-state index contributed by atoms with van der Waals surface area (Å²) in [6, 6.07) is 52.4. The molecule has 6 atom stereocenters. The molecule has 0 aromatic heterocycles. The third kappa shape index (κ3) is 4.23. The Kier molecular flexibility index (Phi) is 6.67. The second-order valence-electron chi connectivity index (χ2n) is 19.6. The smallest absolute Gasteiger partial charge is 0.133 e. The van der Waals surface area contributed by atoms with Crippen molar-refractivity contribution in [2.45, 2.75) is 82.5 Å². The van der Waals surface area contributed by atoms with Gasteiger partial charge in [-0.05, 0) is 148 Å².